The molecule has 12 heteroatoms. The van der Waals surface area contributed by atoms with Gasteiger partial charge in [-0.25, -0.2) is 0 Å². The molecule has 2 aromatic heterocycles. The van der Waals surface area contributed by atoms with Crippen molar-refractivity contribution in [3.63, 3.8) is 0 Å². The van der Waals surface area contributed by atoms with Crippen molar-refractivity contribution >= 4 is 40.7 Å². The minimum absolute atomic E-state index is 0.00562. The van der Waals surface area contributed by atoms with Crippen molar-refractivity contribution in [2.75, 3.05) is 6.54 Å². The van der Waals surface area contributed by atoms with Crippen LogP contribution in [0.2, 0.25) is 15.1 Å². The van der Waals surface area contributed by atoms with E-state index in [0.29, 0.717) is 33.5 Å². The summed E-state index contributed by atoms with van der Waals surface area (Å²) in [7, 11) is 0. The third kappa shape index (κ3) is 4.89. The van der Waals surface area contributed by atoms with Crippen molar-refractivity contribution in [3.8, 4) is 11.3 Å². The van der Waals surface area contributed by atoms with Gasteiger partial charge >= 0.3 is 6.18 Å². The Bertz CT molecular complexity index is 1160. The lowest BCUT2D eigenvalue weighted by atomic mass is 10.1. The Balaban J connectivity index is 1.36. The first kappa shape index (κ1) is 22.9. The minimum atomic E-state index is -4.61. The second-order valence-corrected chi connectivity index (χ2v) is 8.57. The summed E-state index contributed by atoms with van der Waals surface area (Å²) in [5, 5.41) is 10.5. The van der Waals surface area contributed by atoms with E-state index in [2.05, 4.69) is 15.6 Å². The lowest BCUT2D eigenvalue weighted by Crippen LogP contribution is -2.25. The monoisotopic (exact) mass is 506 g/mol. The fourth-order valence-corrected chi connectivity index (χ4v) is 4.17. The van der Waals surface area contributed by atoms with Crippen molar-refractivity contribution < 1.29 is 22.5 Å². The van der Waals surface area contributed by atoms with Gasteiger partial charge in [-0.2, -0.15) is 18.3 Å². The normalized spacial score (nSPS) is 14.1. The molecule has 0 atom stereocenters. The number of benzene rings is 1. The Labute approximate surface area is 195 Å². The largest absolute Gasteiger partial charge is 0.436 e. The summed E-state index contributed by atoms with van der Waals surface area (Å²) in [5.41, 5.74) is -0.0789. The van der Waals surface area contributed by atoms with Gasteiger partial charge in [-0.15, -0.1) is 0 Å². The van der Waals surface area contributed by atoms with Crippen LogP contribution in [0.4, 0.5) is 13.2 Å². The first-order valence-corrected chi connectivity index (χ1v) is 10.8. The Morgan fingerprint density at radius 3 is 2.62 bits per heavy atom. The van der Waals surface area contributed by atoms with Crippen LogP contribution in [-0.2, 0) is 12.7 Å². The molecule has 0 aliphatic heterocycles. The quantitative estimate of drug-likeness (QED) is 0.386. The van der Waals surface area contributed by atoms with Gasteiger partial charge in [0.2, 0.25) is 0 Å². The highest BCUT2D eigenvalue weighted by Gasteiger charge is 2.41. The lowest BCUT2D eigenvalue weighted by molar-refractivity contribution is -0.141. The van der Waals surface area contributed by atoms with Crippen LogP contribution in [0.3, 0.4) is 0 Å². The number of halogens is 6. The molecule has 0 bridgehead atoms. The van der Waals surface area contributed by atoms with E-state index in [0.717, 1.165) is 12.8 Å². The summed E-state index contributed by atoms with van der Waals surface area (Å²) >= 11 is 18.0. The summed E-state index contributed by atoms with van der Waals surface area (Å²) in [6, 6.07) is 6.27. The molecule has 0 unspecified atom stereocenters. The molecular weight excluding hydrogens is 492 g/mol. The number of carbonyl (C=O) groups is 1. The summed E-state index contributed by atoms with van der Waals surface area (Å²) in [6.45, 7) is 0.387. The van der Waals surface area contributed by atoms with Gasteiger partial charge in [-0.05, 0) is 37.5 Å². The van der Waals surface area contributed by atoms with E-state index in [1.54, 1.807) is 18.2 Å². The molecule has 1 aliphatic carbocycles. The Kier molecular flexibility index (Phi) is 6.42. The third-order valence-electron chi connectivity index (χ3n) is 4.94. The Morgan fingerprint density at radius 2 is 1.97 bits per heavy atom. The van der Waals surface area contributed by atoms with E-state index < -0.39 is 17.8 Å². The van der Waals surface area contributed by atoms with Crippen LogP contribution in [0, 0.1) is 0 Å². The molecule has 1 fully saturated rings. The van der Waals surface area contributed by atoms with Crippen LogP contribution < -0.4 is 5.32 Å². The SMILES string of the molecule is O=C(NCCCn1nc(C(F)(F)F)c(Cl)c1C1CC1)c1cc(-c2ccc(Cl)cc2Cl)on1. The number of carbonyl (C=O) groups excluding carboxylic acids is 1. The number of hydrogen-bond acceptors (Lipinski definition) is 4. The average molecular weight is 508 g/mol. The standard InChI is InChI=1S/C20H16Cl3F3N4O2/c21-11-4-5-12(13(22)8-11)15-9-14(29-32-15)19(31)27-6-1-7-30-17(10-2-3-10)16(23)18(28-30)20(24,25)26/h4-5,8-10H,1-3,6-7H2,(H,27,31). The van der Waals surface area contributed by atoms with Gasteiger partial charge in [0.15, 0.2) is 17.1 Å². The van der Waals surface area contributed by atoms with Crippen molar-refractivity contribution in [1.29, 1.82) is 0 Å². The van der Waals surface area contributed by atoms with Crippen molar-refractivity contribution in [2.24, 2.45) is 0 Å². The lowest BCUT2D eigenvalue weighted by Gasteiger charge is -2.07. The molecule has 4 rings (SSSR count). The summed E-state index contributed by atoms with van der Waals surface area (Å²) in [5.74, 6) is -0.187. The Morgan fingerprint density at radius 1 is 1.22 bits per heavy atom. The summed E-state index contributed by atoms with van der Waals surface area (Å²) < 4.78 is 45.9. The van der Waals surface area contributed by atoms with Crippen LogP contribution in [0.1, 0.15) is 47.1 Å². The molecule has 1 amide bonds. The van der Waals surface area contributed by atoms with Gasteiger partial charge in [0.25, 0.3) is 5.91 Å². The second-order valence-electron chi connectivity index (χ2n) is 7.35. The van der Waals surface area contributed by atoms with Gasteiger partial charge in [-0.3, -0.25) is 9.48 Å². The second kappa shape index (κ2) is 8.96. The maximum absolute atomic E-state index is 13.1. The number of nitrogens with zero attached hydrogens (tertiary/aromatic N) is 3. The number of aromatic nitrogens is 3. The smallest absolute Gasteiger partial charge is 0.355 e. The fraction of sp³-hybridized carbons (Fsp3) is 0.350. The highest BCUT2D eigenvalue weighted by Crippen LogP contribution is 2.46. The number of rotatable bonds is 7. The van der Waals surface area contributed by atoms with E-state index in [1.807, 2.05) is 0 Å². The number of hydrogen-bond donors (Lipinski definition) is 1. The maximum Gasteiger partial charge on any atom is 0.436 e. The molecule has 1 aliphatic rings. The van der Waals surface area contributed by atoms with E-state index in [-0.39, 0.29) is 29.7 Å². The molecule has 3 aromatic rings. The predicted molar refractivity (Wildman–Crippen MR) is 113 cm³/mol. The highest BCUT2D eigenvalue weighted by molar-refractivity contribution is 6.36. The molecule has 1 saturated carbocycles. The van der Waals surface area contributed by atoms with Crippen LogP contribution in [-0.4, -0.2) is 27.4 Å². The minimum Gasteiger partial charge on any atom is -0.355 e. The zero-order valence-corrected chi connectivity index (χ0v) is 18.6. The van der Waals surface area contributed by atoms with Gasteiger partial charge < -0.3 is 9.84 Å². The first-order valence-electron chi connectivity index (χ1n) is 9.69. The van der Waals surface area contributed by atoms with Crippen LogP contribution in [0.25, 0.3) is 11.3 Å². The third-order valence-corrected chi connectivity index (χ3v) is 5.86. The molecule has 0 radical (unpaired) electrons. The molecule has 170 valence electrons. The molecule has 0 spiro atoms. The van der Waals surface area contributed by atoms with E-state index in [9.17, 15) is 18.0 Å². The summed E-state index contributed by atoms with van der Waals surface area (Å²) in [6.07, 6.45) is -2.69. The van der Waals surface area contributed by atoms with Crippen molar-refractivity contribution in [3.05, 3.63) is 56.4 Å². The van der Waals surface area contributed by atoms with E-state index in [1.165, 1.54) is 10.7 Å². The first-order chi connectivity index (χ1) is 15.1. The maximum atomic E-state index is 13.1. The van der Waals surface area contributed by atoms with Crippen LogP contribution in [0.5, 0.6) is 0 Å². The molecule has 2 heterocycles. The Hall–Kier alpha value is -2.23. The van der Waals surface area contributed by atoms with Gasteiger partial charge in [0.1, 0.15) is 0 Å². The zero-order valence-electron chi connectivity index (χ0n) is 16.3. The van der Waals surface area contributed by atoms with Gasteiger partial charge in [-0.1, -0.05) is 40.0 Å². The predicted octanol–water partition coefficient (Wildman–Crippen LogP) is 6.21. The number of alkyl halides is 3. The molecule has 0 saturated heterocycles. The van der Waals surface area contributed by atoms with Gasteiger partial charge in [0.05, 0.1) is 15.7 Å². The molecule has 6 nitrogen and oxygen atoms in total. The zero-order chi connectivity index (χ0) is 23.0. The number of nitrogens with one attached hydrogen (secondary N) is 1. The average Bonchev–Trinajstić information content (AvgIpc) is 3.31. The van der Waals surface area contributed by atoms with Gasteiger partial charge in [0, 0.05) is 35.7 Å². The summed E-state index contributed by atoms with van der Waals surface area (Å²) in [4.78, 5) is 12.3. The fourth-order valence-electron chi connectivity index (χ4n) is 3.27. The highest BCUT2D eigenvalue weighted by atomic mass is 35.5. The van der Waals surface area contributed by atoms with Crippen molar-refractivity contribution in [2.45, 2.75) is 37.9 Å². The van der Waals surface area contributed by atoms with E-state index >= 15 is 0 Å². The number of amides is 1. The van der Waals surface area contributed by atoms with Crippen LogP contribution >= 0.6 is 34.8 Å². The van der Waals surface area contributed by atoms with Crippen molar-refractivity contribution in [1.82, 2.24) is 20.3 Å². The topological polar surface area (TPSA) is 73.0 Å². The molecule has 32 heavy (non-hydrogen) atoms. The molecule has 1 N–H and O–H groups in total. The van der Waals surface area contributed by atoms with Crippen LogP contribution in [0.15, 0.2) is 28.8 Å². The molecule has 1 aromatic carbocycles. The molecular formula is C20H16Cl3F3N4O2. The number of aryl methyl sites for hydroxylation is 1. The van der Waals surface area contributed by atoms with E-state index in [4.69, 9.17) is 39.3 Å².